The standard InChI is InChI=1S/C15H28N2O2/c16-14(7-5-6-8-14)11-13(18)17-12-15(19)9-3-1-2-4-10-15/h19H,1-12,16H2,(H,17,18). The number of hydrogen-bond acceptors (Lipinski definition) is 3. The molecular formula is C15H28N2O2. The van der Waals surface area contributed by atoms with Crippen molar-refractivity contribution in [3.63, 3.8) is 0 Å². The van der Waals surface area contributed by atoms with Gasteiger partial charge in [0.1, 0.15) is 0 Å². The Kier molecular flexibility index (Phi) is 4.85. The number of carbonyl (C=O) groups excluding carboxylic acids is 1. The second-order valence-corrected chi connectivity index (χ2v) is 6.66. The van der Waals surface area contributed by atoms with E-state index in [9.17, 15) is 9.90 Å². The van der Waals surface area contributed by atoms with Crippen molar-refractivity contribution in [3.8, 4) is 0 Å². The fourth-order valence-corrected chi connectivity index (χ4v) is 3.46. The first-order valence-electron chi connectivity index (χ1n) is 7.79. The van der Waals surface area contributed by atoms with E-state index in [4.69, 9.17) is 5.73 Å². The van der Waals surface area contributed by atoms with Crippen LogP contribution in [0.4, 0.5) is 0 Å². The quantitative estimate of drug-likeness (QED) is 0.681. The molecule has 2 fully saturated rings. The number of rotatable bonds is 4. The molecule has 1 amide bonds. The van der Waals surface area contributed by atoms with Gasteiger partial charge in [-0.05, 0) is 25.7 Å². The minimum atomic E-state index is -0.691. The van der Waals surface area contributed by atoms with Gasteiger partial charge in [0.05, 0.1) is 5.60 Å². The normalized spacial score (nSPS) is 25.8. The highest BCUT2D eigenvalue weighted by Gasteiger charge is 2.33. The molecule has 4 heteroatoms. The van der Waals surface area contributed by atoms with E-state index in [2.05, 4.69) is 5.32 Å². The van der Waals surface area contributed by atoms with Gasteiger partial charge in [-0.15, -0.1) is 0 Å². The van der Waals surface area contributed by atoms with Gasteiger partial charge in [-0.25, -0.2) is 0 Å². The average Bonchev–Trinajstić information content (AvgIpc) is 2.66. The van der Waals surface area contributed by atoms with Gasteiger partial charge in [0.2, 0.25) is 5.91 Å². The molecule has 0 atom stereocenters. The highest BCUT2D eigenvalue weighted by molar-refractivity contribution is 5.77. The Hall–Kier alpha value is -0.610. The largest absolute Gasteiger partial charge is 0.388 e. The molecule has 110 valence electrons. The molecular weight excluding hydrogens is 240 g/mol. The molecule has 0 aromatic carbocycles. The van der Waals surface area contributed by atoms with Crippen molar-refractivity contribution < 1.29 is 9.90 Å². The summed E-state index contributed by atoms with van der Waals surface area (Å²) in [6, 6.07) is 0. The van der Waals surface area contributed by atoms with Gasteiger partial charge in [-0.3, -0.25) is 4.79 Å². The van der Waals surface area contributed by atoms with E-state index in [1.54, 1.807) is 0 Å². The van der Waals surface area contributed by atoms with Crippen LogP contribution in [0.3, 0.4) is 0 Å². The summed E-state index contributed by atoms with van der Waals surface area (Å²) in [5.41, 5.74) is 5.22. The zero-order valence-electron chi connectivity index (χ0n) is 11.9. The lowest BCUT2D eigenvalue weighted by Gasteiger charge is -2.28. The molecule has 0 spiro atoms. The minimum absolute atomic E-state index is 0.00192. The van der Waals surface area contributed by atoms with Crippen LogP contribution in [-0.4, -0.2) is 28.7 Å². The molecule has 2 aliphatic carbocycles. The van der Waals surface area contributed by atoms with E-state index >= 15 is 0 Å². The smallest absolute Gasteiger partial charge is 0.221 e. The fourth-order valence-electron chi connectivity index (χ4n) is 3.46. The summed E-state index contributed by atoms with van der Waals surface area (Å²) < 4.78 is 0. The molecule has 4 N–H and O–H groups in total. The van der Waals surface area contributed by atoms with Crippen LogP contribution >= 0.6 is 0 Å². The molecule has 0 radical (unpaired) electrons. The molecule has 0 aromatic heterocycles. The number of carbonyl (C=O) groups is 1. The molecule has 0 aliphatic heterocycles. The van der Waals surface area contributed by atoms with E-state index in [-0.39, 0.29) is 11.4 Å². The molecule has 0 saturated heterocycles. The van der Waals surface area contributed by atoms with Crippen LogP contribution in [0.1, 0.15) is 70.6 Å². The first kappa shape index (κ1) is 14.8. The second-order valence-electron chi connectivity index (χ2n) is 6.66. The Balaban J connectivity index is 1.76. The highest BCUT2D eigenvalue weighted by Crippen LogP contribution is 2.30. The first-order valence-corrected chi connectivity index (χ1v) is 7.79. The lowest BCUT2D eigenvalue weighted by Crippen LogP contribution is -2.47. The zero-order valence-corrected chi connectivity index (χ0v) is 11.9. The Morgan fingerprint density at radius 2 is 1.53 bits per heavy atom. The Labute approximate surface area is 116 Å². The van der Waals surface area contributed by atoms with Crippen molar-refractivity contribution in [2.24, 2.45) is 5.73 Å². The molecule has 2 saturated carbocycles. The fraction of sp³-hybridized carbons (Fsp3) is 0.933. The van der Waals surface area contributed by atoms with Crippen molar-refractivity contribution in [1.29, 1.82) is 0 Å². The van der Waals surface area contributed by atoms with Crippen molar-refractivity contribution >= 4 is 5.91 Å². The van der Waals surface area contributed by atoms with E-state index in [0.717, 1.165) is 51.4 Å². The minimum Gasteiger partial charge on any atom is -0.388 e. The van der Waals surface area contributed by atoms with E-state index < -0.39 is 5.60 Å². The van der Waals surface area contributed by atoms with Gasteiger partial charge in [0.15, 0.2) is 0 Å². The van der Waals surface area contributed by atoms with E-state index in [0.29, 0.717) is 13.0 Å². The summed E-state index contributed by atoms with van der Waals surface area (Å²) in [6.45, 7) is 0.391. The number of nitrogens with one attached hydrogen (secondary N) is 1. The summed E-state index contributed by atoms with van der Waals surface area (Å²) in [6.07, 6.45) is 10.7. The van der Waals surface area contributed by atoms with Crippen molar-refractivity contribution in [2.45, 2.75) is 81.8 Å². The van der Waals surface area contributed by atoms with E-state index in [1.165, 1.54) is 12.8 Å². The number of amides is 1. The monoisotopic (exact) mass is 268 g/mol. The predicted octanol–water partition coefficient (Wildman–Crippen LogP) is 1.85. The second kappa shape index (κ2) is 6.23. The van der Waals surface area contributed by atoms with Crippen molar-refractivity contribution in [3.05, 3.63) is 0 Å². The van der Waals surface area contributed by atoms with Crippen molar-refractivity contribution in [2.75, 3.05) is 6.54 Å². The number of hydrogen-bond donors (Lipinski definition) is 3. The SMILES string of the molecule is NC1(CC(=O)NCC2(O)CCCCCC2)CCCC1. The summed E-state index contributed by atoms with van der Waals surface area (Å²) in [4.78, 5) is 12.0. The summed E-state index contributed by atoms with van der Waals surface area (Å²) in [5, 5.41) is 13.4. The van der Waals surface area contributed by atoms with Crippen LogP contribution < -0.4 is 11.1 Å². The molecule has 0 aromatic rings. The molecule has 2 rings (SSSR count). The highest BCUT2D eigenvalue weighted by atomic mass is 16.3. The van der Waals surface area contributed by atoms with Crippen LogP contribution in [0.2, 0.25) is 0 Å². The van der Waals surface area contributed by atoms with Crippen LogP contribution in [-0.2, 0) is 4.79 Å². The van der Waals surface area contributed by atoms with E-state index in [1.807, 2.05) is 0 Å². The third-order valence-electron chi connectivity index (χ3n) is 4.76. The summed E-state index contributed by atoms with van der Waals surface area (Å²) in [5.74, 6) is 0.00192. The maximum atomic E-state index is 12.0. The van der Waals surface area contributed by atoms with Gasteiger partial charge in [-0.1, -0.05) is 38.5 Å². The van der Waals surface area contributed by atoms with Gasteiger partial charge in [0, 0.05) is 18.5 Å². The third kappa shape index (κ3) is 4.46. The van der Waals surface area contributed by atoms with Crippen LogP contribution in [0.25, 0.3) is 0 Å². The van der Waals surface area contributed by atoms with Crippen LogP contribution in [0, 0.1) is 0 Å². The van der Waals surface area contributed by atoms with Crippen molar-refractivity contribution in [1.82, 2.24) is 5.32 Å². The molecule has 4 nitrogen and oxygen atoms in total. The lowest BCUT2D eigenvalue weighted by atomic mass is 9.92. The molecule has 2 aliphatic rings. The average molecular weight is 268 g/mol. The Morgan fingerprint density at radius 1 is 1.00 bits per heavy atom. The zero-order chi connectivity index (χ0) is 13.8. The topological polar surface area (TPSA) is 75.4 Å². The Bertz CT molecular complexity index is 303. The lowest BCUT2D eigenvalue weighted by molar-refractivity contribution is -0.123. The van der Waals surface area contributed by atoms with Gasteiger partial charge >= 0.3 is 0 Å². The third-order valence-corrected chi connectivity index (χ3v) is 4.76. The molecule has 0 heterocycles. The molecule has 0 unspecified atom stereocenters. The molecule has 0 bridgehead atoms. The summed E-state index contributed by atoms with van der Waals surface area (Å²) in [7, 11) is 0. The Morgan fingerprint density at radius 3 is 2.11 bits per heavy atom. The number of nitrogens with two attached hydrogens (primary N) is 1. The maximum Gasteiger partial charge on any atom is 0.221 e. The van der Waals surface area contributed by atoms with Gasteiger partial charge < -0.3 is 16.2 Å². The predicted molar refractivity (Wildman–Crippen MR) is 75.7 cm³/mol. The van der Waals surface area contributed by atoms with Crippen LogP contribution in [0.15, 0.2) is 0 Å². The van der Waals surface area contributed by atoms with Gasteiger partial charge in [0.25, 0.3) is 0 Å². The van der Waals surface area contributed by atoms with Gasteiger partial charge in [-0.2, -0.15) is 0 Å². The van der Waals surface area contributed by atoms with Crippen LogP contribution in [0.5, 0.6) is 0 Å². The summed E-state index contributed by atoms with van der Waals surface area (Å²) >= 11 is 0. The first-order chi connectivity index (χ1) is 9.02. The maximum absolute atomic E-state index is 12.0. The molecule has 19 heavy (non-hydrogen) atoms. The number of aliphatic hydroxyl groups is 1.